The Morgan fingerprint density at radius 1 is 1.47 bits per heavy atom. The number of hydrogen-bond donors (Lipinski definition) is 2. The Balaban J connectivity index is 2.04. The highest BCUT2D eigenvalue weighted by Gasteiger charge is 2.07. The highest BCUT2D eigenvalue weighted by atomic mass is 32.1. The summed E-state index contributed by atoms with van der Waals surface area (Å²) in [6, 6.07) is 6.04. The van der Waals surface area contributed by atoms with Crippen LogP contribution in [0.5, 0.6) is 0 Å². The molecular weight excluding hydrogens is 258 g/mol. The molecule has 0 aliphatic carbocycles. The fourth-order valence-electron chi connectivity index (χ4n) is 1.95. The van der Waals surface area contributed by atoms with Crippen molar-refractivity contribution < 1.29 is 0 Å². The number of thiophene rings is 1. The first-order chi connectivity index (χ1) is 9.06. The Morgan fingerprint density at radius 2 is 2.26 bits per heavy atom. The fraction of sp³-hybridized carbons (Fsp3) is 0.429. The molecule has 0 amide bonds. The smallest absolute Gasteiger partial charge is 0.252 e. The van der Waals surface area contributed by atoms with E-state index in [1.807, 2.05) is 18.3 Å². The van der Waals surface area contributed by atoms with Crippen LogP contribution in [0.1, 0.15) is 29.4 Å². The van der Waals surface area contributed by atoms with Gasteiger partial charge in [-0.15, -0.1) is 11.3 Å². The van der Waals surface area contributed by atoms with E-state index in [2.05, 4.69) is 41.3 Å². The second-order valence-electron chi connectivity index (χ2n) is 4.69. The molecule has 1 unspecified atom stereocenters. The molecule has 5 heteroatoms. The van der Waals surface area contributed by atoms with Crippen LogP contribution in [0.2, 0.25) is 0 Å². The van der Waals surface area contributed by atoms with Gasteiger partial charge in [0, 0.05) is 34.7 Å². The fourth-order valence-corrected chi connectivity index (χ4v) is 2.97. The molecule has 0 bridgehead atoms. The van der Waals surface area contributed by atoms with Gasteiger partial charge in [0.2, 0.25) is 0 Å². The van der Waals surface area contributed by atoms with Crippen LogP contribution in [0.15, 0.2) is 23.0 Å². The lowest BCUT2D eigenvalue weighted by Crippen LogP contribution is -2.21. The van der Waals surface area contributed by atoms with Crippen LogP contribution in [-0.4, -0.2) is 16.0 Å². The molecule has 2 aromatic rings. The number of hydrogen-bond acceptors (Lipinski definition) is 4. The largest absolute Gasteiger partial charge is 0.367 e. The Hall–Kier alpha value is -1.62. The maximum atomic E-state index is 11.5. The van der Waals surface area contributed by atoms with Crippen molar-refractivity contribution in [3.63, 3.8) is 0 Å². The molecule has 0 fully saturated rings. The average molecular weight is 277 g/mol. The number of rotatable bonds is 5. The van der Waals surface area contributed by atoms with Crippen molar-refractivity contribution in [1.82, 2.24) is 9.97 Å². The van der Waals surface area contributed by atoms with Crippen LogP contribution in [0.4, 0.5) is 5.82 Å². The van der Waals surface area contributed by atoms with Gasteiger partial charge in [-0.05, 0) is 26.0 Å². The summed E-state index contributed by atoms with van der Waals surface area (Å²) in [7, 11) is 0. The van der Waals surface area contributed by atoms with Crippen LogP contribution < -0.4 is 10.9 Å². The van der Waals surface area contributed by atoms with E-state index in [0.717, 1.165) is 12.8 Å². The quantitative estimate of drug-likeness (QED) is 0.883. The molecule has 2 aromatic heterocycles. The number of anilines is 1. The Labute approximate surface area is 116 Å². The maximum Gasteiger partial charge on any atom is 0.252 e. The molecule has 2 rings (SSSR count). The summed E-state index contributed by atoms with van der Waals surface area (Å²) in [6.45, 7) is 6.18. The van der Waals surface area contributed by atoms with Crippen LogP contribution in [0.25, 0.3) is 0 Å². The van der Waals surface area contributed by atoms with E-state index in [9.17, 15) is 4.79 Å². The number of nitrogens with one attached hydrogen (secondary N) is 2. The molecule has 0 aliphatic rings. The predicted molar refractivity (Wildman–Crippen MR) is 80.1 cm³/mol. The minimum absolute atomic E-state index is 0.103. The van der Waals surface area contributed by atoms with Crippen molar-refractivity contribution in [2.75, 3.05) is 5.32 Å². The van der Waals surface area contributed by atoms with Crippen molar-refractivity contribution in [3.8, 4) is 0 Å². The molecule has 0 spiro atoms. The number of aromatic amines is 1. The molecule has 0 aliphatic heterocycles. The third kappa shape index (κ3) is 3.92. The summed E-state index contributed by atoms with van der Waals surface area (Å²) in [6.07, 6.45) is 1.66. The number of nitrogens with zero attached hydrogens (tertiary/aromatic N) is 1. The summed E-state index contributed by atoms with van der Waals surface area (Å²) < 4.78 is 0. The van der Waals surface area contributed by atoms with E-state index in [4.69, 9.17) is 0 Å². The van der Waals surface area contributed by atoms with Gasteiger partial charge in [0.15, 0.2) is 0 Å². The Bertz CT molecular complexity index is 603. The zero-order valence-corrected chi connectivity index (χ0v) is 12.3. The van der Waals surface area contributed by atoms with Gasteiger partial charge < -0.3 is 10.3 Å². The second-order valence-corrected chi connectivity index (χ2v) is 6.07. The third-order valence-corrected chi connectivity index (χ3v) is 3.85. The zero-order chi connectivity index (χ0) is 13.8. The first kappa shape index (κ1) is 13.8. The Kier molecular flexibility index (Phi) is 4.37. The first-order valence-corrected chi connectivity index (χ1v) is 7.30. The molecule has 0 aromatic carbocycles. The van der Waals surface area contributed by atoms with Crippen molar-refractivity contribution in [2.45, 2.75) is 39.7 Å². The van der Waals surface area contributed by atoms with Gasteiger partial charge in [-0.25, -0.2) is 4.98 Å². The highest BCUT2D eigenvalue weighted by Crippen LogP contribution is 2.17. The zero-order valence-electron chi connectivity index (χ0n) is 11.5. The van der Waals surface area contributed by atoms with Gasteiger partial charge in [-0.3, -0.25) is 4.79 Å². The molecule has 102 valence electrons. The monoisotopic (exact) mass is 277 g/mol. The summed E-state index contributed by atoms with van der Waals surface area (Å²) in [4.78, 5) is 21.2. The minimum atomic E-state index is -0.103. The van der Waals surface area contributed by atoms with Crippen LogP contribution in [0.3, 0.4) is 0 Å². The molecule has 1 atom stereocenters. The SMILES string of the molecule is CCc1nc(NC(C)Cc2ccc(C)s2)cc(=O)[nH]1. The lowest BCUT2D eigenvalue weighted by Gasteiger charge is -2.13. The highest BCUT2D eigenvalue weighted by molar-refractivity contribution is 7.11. The van der Waals surface area contributed by atoms with Gasteiger partial charge in [0.1, 0.15) is 11.6 Å². The van der Waals surface area contributed by atoms with Gasteiger partial charge in [-0.2, -0.15) is 0 Å². The summed E-state index contributed by atoms with van der Waals surface area (Å²) in [5.74, 6) is 1.37. The average Bonchev–Trinajstić information content (AvgIpc) is 2.73. The van der Waals surface area contributed by atoms with Crippen molar-refractivity contribution in [1.29, 1.82) is 0 Å². The first-order valence-electron chi connectivity index (χ1n) is 6.49. The number of aryl methyl sites for hydroxylation is 2. The van der Waals surface area contributed by atoms with Crippen molar-refractivity contribution in [3.05, 3.63) is 44.1 Å². The van der Waals surface area contributed by atoms with Gasteiger partial charge in [0.05, 0.1) is 0 Å². The topological polar surface area (TPSA) is 57.8 Å². The summed E-state index contributed by atoms with van der Waals surface area (Å²) in [5.41, 5.74) is -0.103. The summed E-state index contributed by atoms with van der Waals surface area (Å²) >= 11 is 1.81. The molecule has 4 nitrogen and oxygen atoms in total. The van der Waals surface area contributed by atoms with E-state index in [1.165, 1.54) is 15.8 Å². The molecule has 19 heavy (non-hydrogen) atoms. The van der Waals surface area contributed by atoms with Crippen molar-refractivity contribution >= 4 is 17.2 Å². The molecular formula is C14H19N3OS. The van der Waals surface area contributed by atoms with E-state index < -0.39 is 0 Å². The Morgan fingerprint density at radius 3 is 2.89 bits per heavy atom. The lowest BCUT2D eigenvalue weighted by atomic mass is 10.2. The second kappa shape index (κ2) is 6.02. The standard InChI is InChI=1S/C14H19N3OS/c1-4-12-16-13(8-14(18)17-12)15-9(2)7-11-6-5-10(3)19-11/h5-6,8-9H,4,7H2,1-3H3,(H2,15,16,17,18). The van der Waals surface area contributed by atoms with Crippen LogP contribution in [-0.2, 0) is 12.8 Å². The third-order valence-electron chi connectivity index (χ3n) is 2.82. The van der Waals surface area contributed by atoms with E-state index in [0.29, 0.717) is 11.6 Å². The maximum absolute atomic E-state index is 11.5. The minimum Gasteiger partial charge on any atom is -0.367 e. The molecule has 2 N–H and O–H groups in total. The molecule has 0 saturated heterocycles. The predicted octanol–water partition coefficient (Wildman–Crippen LogP) is 2.75. The number of aromatic nitrogens is 2. The normalized spacial score (nSPS) is 12.4. The molecule has 0 saturated carbocycles. The lowest BCUT2D eigenvalue weighted by molar-refractivity contribution is 0.787. The molecule has 2 heterocycles. The van der Waals surface area contributed by atoms with Gasteiger partial charge in [-0.1, -0.05) is 6.92 Å². The van der Waals surface area contributed by atoms with E-state index in [-0.39, 0.29) is 11.6 Å². The van der Waals surface area contributed by atoms with Crippen molar-refractivity contribution in [2.24, 2.45) is 0 Å². The van der Waals surface area contributed by atoms with Gasteiger partial charge in [0.25, 0.3) is 5.56 Å². The van der Waals surface area contributed by atoms with E-state index in [1.54, 1.807) is 0 Å². The summed E-state index contributed by atoms with van der Waals surface area (Å²) in [5, 5.41) is 3.29. The van der Waals surface area contributed by atoms with Crippen LogP contribution in [0, 0.1) is 6.92 Å². The number of H-pyrrole nitrogens is 1. The van der Waals surface area contributed by atoms with E-state index >= 15 is 0 Å². The molecule has 0 radical (unpaired) electrons. The van der Waals surface area contributed by atoms with Gasteiger partial charge >= 0.3 is 0 Å². The van der Waals surface area contributed by atoms with Crippen LogP contribution >= 0.6 is 11.3 Å².